The van der Waals surface area contributed by atoms with Crippen molar-refractivity contribution in [1.82, 2.24) is 5.32 Å². The number of carboxylic acids is 1. The Morgan fingerprint density at radius 2 is 1.96 bits per heavy atom. The molecule has 0 aromatic heterocycles. The van der Waals surface area contributed by atoms with Crippen molar-refractivity contribution in [1.29, 1.82) is 0 Å². The summed E-state index contributed by atoms with van der Waals surface area (Å²) < 4.78 is 33.3. The van der Waals surface area contributed by atoms with Crippen LogP contribution in [0.25, 0.3) is 6.08 Å². The van der Waals surface area contributed by atoms with Gasteiger partial charge >= 0.3 is 5.97 Å². The number of sulfone groups is 1. The summed E-state index contributed by atoms with van der Waals surface area (Å²) in [6.07, 6.45) is 2.41. The molecule has 1 aromatic rings. The van der Waals surface area contributed by atoms with E-state index in [0.29, 0.717) is 17.1 Å². The van der Waals surface area contributed by atoms with Crippen LogP contribution in [0.4, 0.5) is 0 Å². The fourth-order valence-electron chi connectivity index (χ4n) is 2.05. The molecule has 1 unspecified atom stereocenters. The molecule has 2 N–H and O–H groups in total. The summed E-state index contributed by atoms with van der Waals surface area (Å²) in [6, 6.07) is 3.74. The summed E-state index contributed by atoms with van der Waals surface area (Å²) >= 11 is 0. The number of carbonyl (C=O) groups excluding carboxylic acids is 1. The van der Waals surface area contributed by atoms with Crippen LogP contribution in [0.5, 0.6) is 11.5 Å². The van der Waals surface area contributed by atoms with Crippen molar-refractivity contribution in [3.05, 3.63) is 29.8 Å². The summed E-state index contributed by atoms with van der Waals surface area (Å²) in [6.45, 7) is 1.48. The zero-order chi connectivity index (χ0) is 19.7. The van der Waals surface area contributed by atoms with Crippen LogP contribution in [-0.4, -0.2) is 57.2 Å². The Labute approximate surface area is 152 Å². The van der Waals surface area contributed by atoms with Crippen molar-refractivity contribution >= 4 is 27.8 Å². The molecule has 0 fully saturated rings. The summed E-state index contributed by atoms with van der Waals surface area (Å²) in [4.78, 5) is 23.2. The largest absolute Gasteiger partial charge is 0.497 e. The normalized spacial score (nSPS) is 12.6. The highest BCUT2D eigenvalue weighted by molar-refractivity contribution is 7.91. The van der Waals surface area contributed by atoms with Gasteiger partial charge in [-0.1, -0.05) is 6.92 Å². The van der Waals surface area contributed by atoms with Gasteiger partial charge in [-0.25, -0.2) is 13.2 Å². The third kappa shape index (κ3) is 6.75. The maximum Gasteiger partial charge on any atom is 0.326 e. The SMILES string of the molecule is CCS(=O)(=O)CCC(NC(=O)/C=C/c1cc(OC)ccc1OC)C(=O)O. The molecule has 26 heavy (non-hydrogen) atoms. The van der Waals surface area contributed by atoms with Crippen molar-refractivity contribution in [2.75, 3.05) is 25.7 Å². The zero-order valence-corrected chi connectivity index (χ0v) is 15.7. The van der Waals surface area contributed by atoms with Gasteiger partial charge < -0.3 is 19.9 Å². The van der Waals surface area contributed by atoms with Gasteiger partial charge in [-0.15, -0.1) is 0 Å². The van der Waals surface area contributed by atoms with Crippen molar-refractivity contribution < 1.29 is 32.6 Å². The molecule has 8 nitrogen and oxygen atoms in total. The summed E-state index contributed by atoms with van der Waals surface area (Å²) in [5, 5.41) is 11.4. The number of carboxylic acid groups (broad SMARTS) is 1. The van der Waals surface area contributed by atoms with E-state index >= 15 is 0 Å². The van der Waals surface area contributed by atoms with Gasteiger partial charge in [0.25, 0.3) is 0 Å². The Kier molecular flexibility index (Phi) is 8.11. The van der Waals surface area contributed by atoms with Crippen LogP contribution in [0.2, 0.25) is 0 Å². The first-order valence-electron chi connectivity index (χ1n) is 7.86. The zero-order valence-electron chi connectivity index (χ0n) is 14.9. The van der Waals surface area contributed by atoms with Crippen LogP contribution in [0.3, 0.4) is 0 Å². The van der Waals surface area contributed by atoms with E-state index in [1.807, 2.05) is 0 Å². The van der Waals surface area contributed by atoms with Crippen molar-refractivity contribution in [2.24, 2.45) is 0 Å². The molecule has 1 atom stereocenters. The lowest BCUT2D eigenvalue weighted by atomic mass is 10.1. The lowest BCUT2D eigenvalue weighted by molar-refractivity contribution is -0.141. The number of benzene rings is 1. The number of hydrogen-bond donors (Lipinski definition) is 2. The fraction of sp³-hybridized carbons (Fsp3) is 0.412. The predicted octanol–water partition coefficient (Wildman–Crippen LogP) is 1.11. The first kappa shape index (κ1) is 21.5. The van der Waals surface area contributed by atoms with Crippen LogP contribution in [-0.2, 0) is 19.4 Å². The lowest BCUT2D eigenvalue weighted by Crippen LogP contribution is -2.41. The third-order valence-electron chi connectivity index (χ3n) is 3.62. The number of amides is 1. The molecule has 0 saturated carbocycles. The van der Waals surface area contributed by atoms with Crippen LogP contribution >= 0.6 is 0 Å². The highest BCUT2D eigenvalue weighted by Gasteiger charge is 2.21. The van der Waals surface area contributed by atoms with Crippen molar-refractivity contribution in [3.8, 4) is 11.5 Å². The molecule has 0 aliphatic heterocycles. The Morgan fingerprint density at radius 3 is 2.50 bits per heavy atom. The second-order valence-corrected chi connectivity index (χ2v) is 7.84. The summed E-state index contributed by atoms with van der Waals surface area (Å²) in [7, 11) is -0.335. The molecule has 0 saturated heterocycles. The van der Waals surface area contributed by atoms with Crippen LogP contribution in [0, 0.1) is 0 Å². The Hall–Kier alpha value is -2.55. The number of aliphatic carboxylic acids is 1. The highest BCUT2D eigenvalue weighted by atomic mass is 32.2. The van der Waals surface area contributed by atoms with E-state index in [4.69, 9.17) is 14.6 Å². The minimum Gasteiger partial charge on any atom is -0.497 e. The molecule has 0 bridgehead atoms. The van der Waals surface area contributed by atoms with Gasteiger partial charge in [-0.05, 0) is 30.7 Å². The molecule has 1 aromatic carbocycles. The second-order valence-electron chi connectivity index (χ2n) is 5.37. The summed E-state index contributed by atoms with van der Waals surface area (Å²) in [5.41, 5.74) is 0.572. The molecule has 144 valence electrons. The topological polar surface area (TPSA) is 119 Å². The maximum absolute atomic E-state index is 12.0. The molecule has 0 radical (unpaired) electrons. The fourth-order valence-corrected chi connectivity index (χ4v) is 2.94. The molecule has 1 rings (SSSR count). The average molecular weight is 385 g/mol. The van der Waals surface area contributed by atoms with Gasteiger partial charge in [0.1, 0.15) is 27.4 Å². The number of hydrogen-bond acceptors (Lipinski definition) is 6. The molecule has 9 heteroatoms. The first-order valence-corrected chi connectivity index (χ1v) is 9.68. The van der Waals surface area contributed by atoms with Crippen LogP contribution in [0.15, 0.2) is 24.3 Å². The van der Waals surface area contributed by atoms with E-state index in [2.05, 4.69) is 5.32 Å². The molecular weight excluding hydrogens is 362 g/mol. The average Bonchev–Trinajstić information content (AvgIpc) is 2.62. The van der Waals surface area contributed by atoms with Gasteiger partial charge in [0, 0.05) is 17.4 Å². The van der Waals surface area contributed by atoms with Crippen molar-refractivity contribution in [3.63, 3.8) is 0 Å². The third-order valence-corrected chi connectivity index (χ3v) is 5.36. The monoisotopic (exact) mass is 385 g/mol. The van der Waals surface area contributed by atoms with Crippen LogP contribution in [0.1, 0.15) is 18.9 Å². The molecule has 1 amide bonds. The van der Waals surface area contributed by atoms with E-state index in [1.165, 1.54) is 27.2 Å². The molecule has 0 spiro atoms. The lowest BCUT2D eigenvalue weighted by Gasteiger charge is -2.13. The van der Waals surface area contributed by atoms with E-state index in [9.17, 15) is 18.0 Å². The predicted molar refractivity (Wildman–Crippen MR) is 97.1 cm³/mol. The van der Waals surface area contributed by atoms with E-state index < -0.39 is 27.8 Å². The van der Waals surface area contributed by atoms with Gasteiger partial charge in [0.15, 0.2) is 0 Å². The molecule has 0 aliphatic rings. The Balaban J connectivity index is 2.82. The van der Waals surface area contributed by atoms with E-state index in [1.54, 1.807) is 18.2 Å². The first-order chi connectivity index (χ1) is 12.2. The van der Waals surface area contributed by atoms with Crippen LogP contribution < -0.4 is 14.8 Å². The number of ether oxygens (including phenoxy) is 2. The maximum atomic E-state index is 12.0. The number of methoxy groups -OCH3 is 2. The number of rotatable bonds is 10. The quantitative estimate of drug-likeness (QED) is 0.579. The highest BCUT2D eigenvalue weighted by Crippen LogP contribution is 2.24. The summed E-state index contributed by atoms with van der Waals surface area (Å²) in [5.74, 6) is -1.26. The molecule has 0 aliphatic carbocycles. The molecular formula is C17H23NO7S. The second kappa shape index (κ2) is 9.81. The van der Waals surface area contributed by atoms with E-state index in [0.717, 1.165) is 6.08 Å². The molecule has 0 heterocycles. The van der Waals surface area contributed by atoms with Crippen molar-refractivity contribution in [2.45, 2.75) is 19.4 Å². The minimum absolute atomic E-state index is 0.0805. The standard InChI is InChI=1S/C17H23NO7S/c1-4-26(22,23)10-9-14(17(20)21)18-16(19)8-5-12-11-13(24-2)6-7-15(12)25-3/h5-8,11,14H,4,9-10H2,1-3H3,(H,18,19)(H,20,21)/b8-5+. The van der Waals surface area contributed by atoms with Gasteiger partial charge in [-0.2, -0.15) is 0 Å². The number of nitrogens with one attached hydrogen (secondary N) is 1. The van der Waals surface area contributed by atoms with E-state index in [-0.39, 0.29) is 17.9 Å². The van der Waals surface area contributed by atoms with Gasteiger partial charge in [0.2, 0.25) is 5.91 Å². The Bertz CT molecular complexity index is 771. The van der Waals surface area contributed by atoms with Gasteiger partial charge in [-0.3, -0.25) is 4.79 Å². The van der Waals surface area contributed by atoms with Gasteiger partial charge in [0.05, 0.1) is 20.0 Å². The number of carbonyl (C=O) groups is 2. The smallest absolute Gasteiger partial charge is 0.326 e. The minimum atomic E-state index is -3.32. The Morgan fingerprint density at radius 1 is 1.27 bits per heavy atom.